The number of rotatable bonds is 5. The van der Waals surface area contributed by atoms with Gasteiger partial charge < -0.3 is 20.4 Å². The van der Waals surface area contributed by atoms with Crippen LogP contribution >= 0.6 is 0 Å². The Kier molecular flexibility index (Phi) is 6.87. The van der Waals surface area contributed by atoms with Crippen LogP contribution in [0.4, 0.5) is 43.9 Å². The molecule has 0 aliphatic rings. The lowest BCUT2D eigenvalue weighted by Gasteiger charge is -2.35. The summed E-state index contributed by atoms with van der Waals surface area (Å²) >= 11 is 0. The number of aromatic hydroxyl groups is 2. The molecule has 1 atom stereocenters. The highest BCUT2D eigenvalue weighted by atomic mass is 19.4. The van der Waals surface area contributed by atoms with Crippen molar-refractivity contribution < 1.29 is 64.3 Å². The summed E-state index contributed by atoms with van der Waals surface area (Å²) in [4.78, 5) is 0. The SMILES string of the molecule is CC(C)(c1ccc(C(O)(CF)C(F)(F)F)c(O)c1)c1ccc(O)c(C(O)(C(F)(F)F)C(F)(F)F)c1. The smallest absolute Gasteiger partial charge is 0.430 e. The van der Waals surface area contributed by atoms with E-state index in [2.05, 4.69) is 0 Å². The lowest BCUT2D eigenvalue weighted by molar-refractivity contribution is -0.376. The van der Waals surface area contributed by atoms with E-state index < -0.39 is 64.4 Å². The summed E-state index contributed by atoms with van der Waals surface area (Å²) in [5.74, 6) is -2.80. The highest BCUT2D eigenvalue weighted by molar-refractivity contribution is 5.50. The molecule has 0 aliphatic heterocycles. The lowest BCUT2D eigenvalue weighted by atomic mass is 9.75. The van der Waals surface area contributed by atoms with Gasteiger partial charge in [-0.15, -0.1) is 0 Å². The first kappa shape index (κ1) is 28.5. The monoisotopic (exact) mass is 524 g/mol. The van der Waals surface area contributed by atoms with Crippen molar-refractivity contribution in [3.05, 3.63) is 58.7 Å². The molecule has 0 fully saturated rings. The van der Waals surface area contributed by atoms with E-state index in [0.29, 0.717) is 18.2 Å². The second-order valence-corrected chi connectivity index (χ2v) is 8.29. The van der Waals surface area contributed by atoms with Crippen LogP contribution in [0.25, 0.3) is 0 Å². The third-order valence-corrected chi connectivity index (χ3v) is 5.76. The molecule has 35 heavy (non-hydrogen) atoms. The van der Waals surface area contributed by atoms with Crippen molar-refractivity contribution in [3.63, 3.8) is 0 Å². The third kappa shape index (κ3) is 4.48. The summed E-state index contributed by atoms with van der Waals surface area (Å²) in [6.07, 6.45) is -18.2. The number of aliphatic hydroxyl groups is 2. The highest BCUT2D eigenvalue weighted by Crippen LogP contribution is 2.53. The van der Waals surface area contributed by atoms with Crippen molar-refractivity contribution in [1.29, 1.82) is 0 Å². The van der Waals surface area contributed by atoms with Gasteiger partial charge in [-0.2, -0.15) is 39.5 Å². The van der Waals surface area contributed by atoms with Crippen LogP contribution < -0.4 is 0 Å². The zero-order valence-corrected chi connectivity index (χ0v) is 17.7. The average molecular weight is 524 g/mol. The number of phenols is 2. The number of alkyl halides is 10. The summed E-state index contributed by atoms with van der Waals surface area (Å²) in [7, 11) is 0. The average Bonchev–Trinajstić information content (AvgIpc) is 2.70. The molecule has 0 saturated carbocycles. The standard InChI is InChI=1S/C21H18F10O4/c1-16(2,11-3-5-12(15(33)8-11)17(34,9-22)19(23,24)25)10-4-6-14(32)13(7-10)18(35,20(26,27)28)21(29,30)31/h3-8,32-35H,9H2,1-2H3. The summed E-state index contributed by atoms with van der Waals surface area (Å²) in [6.45, 7) is 0.0352. The van der Waals surface area contributed by atoms with Gasteiger partial charge in [-0.25, -0.2) is 4.39 Å². The fourth-order valence-electron chi connectivity index (χ4n) is 3.42. The Morgan fingerprint density at radius 2 is 1.09 bits per heavy atom. The second kappa shape index (κ2) is 8.43. The Labute approximate surface area is 191 Å². The van der Waals surface area contributed by atoms with Gasteiger partial charge in [0.25, 0.3) is 5.60 Å². The molecule has 0 spiro atoms. The van der Waals surface area contributed by atoms with Crippen LogP contribution in [-0.4, -0.2) is 45.6 Å². The summed E-state index contributed by atoms with van der Waals surface area (Å²) in [5.41, 5.74) is -15.0. The fourth-order valence-corrected chi connectivity index (χ4v) is 3.42. The van der Waals surface area contributed by atoms with Crippen LogP contribution in [0.1, 0.15) is 36.1 Å². The molecule has 4 nitrogen and oxygen atoms in total. The Balaban J connectivity index is 2.70. The molecule has 0 aliphatic carbocycles. The lowest BCUT2D eigenvalue weighted by Crippen LogP contribution is -2.54. The molecule has 2 aromatic carbocycles. The Morgan fingerprint density at radius 3 is 1.49 bits per heavy atom. The molecule has 0 amide bonds. The molecule has 2 rings (SSSR count). The van der Waals surface area contributed by atoms with E-state index in [1.165, 1.54) is 13.8 Å². The van der Waals surface area contributed by atoms with Gasteiger partial charge in [-0.1, -0.05) is 32.0 Å². The van der Waals surface area contributed by atoms with Gasteiger partial charge in [0.1, 0.15) is 18.2 Å². The molecule has 0 bridgehead atoms. The van der Waals surface area contributed by atoms with E-state index in [1.807, 2.05) is 0 Å². The molecule has 0 heterocycles. The molecule has 1 unspecified atom stereocenters. The quantitative estimate of drug-likeness (QED) is 0.392. The zero-order valence-electron chi connectivity index (χ0n) is 17.7. The first-order valence-electron chi connectivity index (χ1n) is 9.44. The maximum atomic E-state index is 13.3. The van der Waals surface area contributed by atoms with E-state index in [9.17, 15) is 64.3 Å². The maximum Gasteiger partial charge on any atom is 0.430 e. The number of hydrogen-bond donors (Lipinski definition) is 4. The topological polar surface area (TPSA) is 80.9 Å². The van der Waals surface area contributed by atoms with Crippen LogP contribution in [-0.2, 0) is 16.6 Å². The predicted octanol–water partition coefficient (Wildman–Crippen LogP) is 5.46. The number of hydrogen-bond acceptors (Lipinski definition) is 4. The summed E-state index contributed by atoms with van der Waals surface area (Å²) in [6, 6.07) is 3.53. The van der Waals surface area contributed by atoms with Crippen LogP contribution in [0.15, 0.2) is 36.4 Å². The van der Waals surface area contributed by atoms with E-state index in [1.54, 1.807) is 0 Å². The molecule has 0 aromatic heterocycles. The van der Waals surface area contributed by atoms with Crippen molar-refractivity contribution in [3.8, 4) is 11.5 Å². The van der Waals surface area contributed by atoms with Gasteiger partial charge >= 0.3 is 18.5 Å². The molecule has 196 valence electrons. The summed E-state index contributed by atoms with van der Waals surface area (Å²) in [5, 5.41) is 39.2. The van der Waals surface area contributed by atoms with E-state index in [-0.39, 0.29) is 17.2 Å². The Hall–Kier alpha value is -2.74. The largest absolute Gasteiger partial charge is 0.508 e. The summed E-state index contributed by atoms with van der Waals surface area (Å²) < 4.78 is 132. The van der Waals surface area contributed by atoms with Crippen LogP contribution in [0, 0.1) is 0 Å². The number of phenolic OH excluding ortho intramolecular Hbond substituents is 2. The maximum absolute atomic E-state index is 13.3. The van der Waals surface area contributed by atoms with Crippen LogP contribution in [0.2, 0.25) is 0 Å². The van der Waals surface area contributed by atoms with Gasteiger partial charge in [0.2, 0.25) is 5.60 Å². The predicted molar refractivity (Wildman–Crippen MR) is 100 cm³/mol. The van der Waals surface area contributed by atoms with Gasteiger partial charge in [-0.05, 0) is 29.3 Å². The number of benzene rings is 2. The first-order chi connectivity index (χ1) is 15.6. The minimum absolute atomic E-state index is 0.179. The highest BCUT2D eigenvalue weighted by Gasteiger charge is 2.72. The molecule has 4 N–H and O–H groups in total. The fraction of sp³-hybridized carbons (Fsp3) is 0.429. The van der Waals surface area contributed by atoms with E-state index in [4.69, 9.17) is 0 Å². The van der Waals surface area contributed by atoms with Crippen molar-refractivity contribution in [2.75, 3.05) is 6.67 Å². The minimum Gasteiger partial charge on any atom is -0.508 e. The van der Waals surface area contributed by atoms with Crippen LogP contribution in [0.3, 0.4) is 0 Å². The van der Waals surface area contributed by atoms with Crippen molar-refractivity contribution in [1.82, 2.24) is 0 Å². The zero-order chi connectivity index (χ0) is 27.4. The normalized spacial score (nSPS) is 15.7. The molecule has 0 saturated heterocycles. The molecule has 2 aromatic rings. The van der Waals surface area contributed by atoms with E-state index in [0.717, 1.165) is 12.1 Å². The van der Waals surface area contributed by atoms with Gasteiger partial charge in [0, 0.05) is 16.5 Å². The van der Waals surface area contributed by atoms with Crippen molar-refractivity contribution in [2.24, 2.45) is 0 Å². The minimum atomic E-state index is -6.31. The van der Waals surface area contributed by atoms with Crippen molar-refractivity contribution >= 4 is 0 Å². The Morgan fingerprint density at radius 1 is 0.629 bits per heavy atom. The Bertz CT molecular complexity index is 1070. The van der Waals surface area contributed by atoms with Crippen LogP contribution in [0.5, 0.6) is 11.5 Å². The van der Waals surface area contributed by atoms with Gasteiger partial charge in [0.15, 0.2) is 0 Å². The van der Waals surface area contributed by atoms with Crippen molar-refractivity contribution in [2.45, 2.75) is 49.0 Å². The van der Waals surface area contributed by atoms with Gasteiger partial charge in [0.05, 0.1) is 0 Å². The molecular formula is C21H18F10O4. The van der Waals surface area contributed by atoms with Gasteiger partial charge in [-0.3, -0.25) is 0 Å². The third-order valence-electron chi connectivity index (χ3n) is 5.76. The molecule has 14 heteroatoms. The second-order valence-electron chi connectivity index (χ2n) is 8.29. The first-order valence-corrected chi connectivity index (χ1v) is 9.44. The molecule has 0 radical (unpaired) electrons. The van der Waals surface area contributed by atoms with E-state index >= 15 is 0 Å². The molecular weight excluding hydrogens is 506 g/mol. The number of halogens is 10.